The van der Waals surface area contributed by atoms with Gasteiger partial charge >= 0.3 is 0 Å². The highest BCUT2D eigenvalue weighted by Gasteiger charge is 2.18. The molecule has 0 unspecified atom stereocenters. The summed E-state index contributed by atoms with van der Waals surface area (Å²) in [7, 11) is -3.77. The maximum Gasteiger partial charge on any atom is 0.263 e. The molecule has 0 radical (unpaired) electrons. The normalized spacial score (nSPS) is 11.7. The zero-order valence-electron chi connectivity index (χ0n) is 10.6. The van der Waals surface area contributed by atoms with Crippen molar-refractivity contribution in [2.75, 3.05) is 4.72 Å². The summed E-state index contributed by atoms with van der Waals surface area (Å²) in [4.78, 5) is 3.01. The minimum absolute atomic E-state index is 0.0138. The van der Waals surface area contributed by atoms with E-state index in [9.17, 15) is 8.42 Å². The van der Waals surface area contributed by atoms with Crippen LogP contribution in [0.1, 0.15) is 0 Å². The van der Waals surface area contributed by atoms with Gasteiger partial charge in [0.1, 0.15) is 4.90 Å². The maximum absolute atomic E-state index is 12.4. The van der Waals surface area contributed by atoms with Gasteiger partial charge in [-0.2, -0.15) is 0 Å². The zero-order valence-corrected chi connectivity index (χ0v) is 12.9. The first kappa shape index (κ1) is 14.3. The minimum Gasteiger partial charge on any atom is -0.361 e. The van der Waals surface area contributed by atoms with Crippen molar-refractivity contribution in [3.8, 4) is 0 Å². The third kappa shape index (κ3) is 2.85. The number of hydrogen-bond acceptors (Lipinski definition) is 2. The van der Waals surface area contributed by atoms with Crippen LogP contribution in [0.3, 0.4) is 0 Å². The molecular weight excluding hydrogens is 331 g/mol. The highest BCUT2D eigenvalue weighted by molar-refractivity contribution is 7.92. The van der Waals surface area contributed by atoms with Gasteiger partial charge in [0.15, 0.2) is 0 Å². The second-order valence-corrected chi connectivity index (χ2v) is 6.95. The van der Waals surface area contributed by atoms with E-state index in [4.69, 9.17) is 23.2 Å². The fourth-order valence-corrected chi connectivity index (χ4v) is 3.84. The monoisotopic (exact) mass is 340 g/mol. The summed E-state index contributed by atoms with van der Waals surface area (Å²) in [5.41, 5.74) is 1.30. The molecular formula is C14H10Cl2N2O2S. The van der Waals surface area contributed by atoms with E-state index in [0.717, 1.165) is 10.9 Å². The molecule has 0 aliphatic heterocycles. The summed E-state index contributed by atoms with van der Waals surface area (Å²) < 4.78 is 27.2. The van der Waals surface area contributed by atoms with Crippen molar-refractivity contribution in [2.45, 2.75) is 4.90 Å². The maximum atomic E-state index is 12.4. The number of aromatic amines is 1. The topological polar surface area (TPSA) is 62.0 Å². The number of nitrogens with one attached hydrogen (secondary N) is 2. The Kier molecular flexibility index (Phi) is 3.57. The van der Waals surface area contributed by atoms with Crippen molar-refractivity contribution in [3.63, 3.8) is 0 Å². The molecule has 1 heterocycles. The molecule has 0 bridgehead atoms. The number of halogens is 2. The first-order valence-electron chi connectivity index (χ1n) is 6.01. The van der Waals surface area contributed by atoms with E-state index in [1.807, 2.05) is 12.1 Å². The van der Waals surface area contributed by atoms with E-state index in [-0.39, 0.29) is 9.92 Å². The molecule has 0 saturated carbocycles. The molecule has 1 aromatic heterocycles. The van der Waals surface area contributed by atoms with Crippen molar-refractivity contribution in [1.29, 1.82) is 0 Å². The summed E-state index contributed by atoms with van der Waals surface area (Å²) >= 11 is 11.7. The third-order valence-electron chi connectivity index (χ3n) is 2.99. The van der Waals surface area contributed by atoms with Crippen molar-refractivity contribution >= 4 is 49.8 Å². The first-order chi connectivity index (χ1) is 9.95. The molecule has 21 heavy (non-hydrogen) atoms. The Bertz CT molecular complexity index is 920. The van der Waals surface area contributed by atoms with Gasteiger partial charge in [0.25, 0.3) is 10.0 Å². The molecule has 2 N–H and O–H groups in total. The van der Waals surface area contributed by atoms with Crippen LogP contribution < -0.4 is 4.72 Å². The number of benzene rings is 2. The molecule has 0 amide bonds. The van der Waals surface area contributed by atoms with Gasteiger partial charge in [-0.05, 0) is 41.8 Å². The van der Waals surface area contributed by atoms with Crippen LogP contribution in [-0.2, 0) is 10.0 Å². The molecule has 0 fully saturated rings. The van der Waals surface area contributed by atoms with E-state index in [1.54, 1.807) is 18.3 Å². The predicted molar refractivity (Wildman–Crippen MR) is 85.6 cm³/mol. The summed E-state index contributed by atoms with van der Waals surface area (Å²) in [6.07, 6.45) is 1.79. The second-order valence-electron chi connectivity index (χ2n) is 4.46. The Balaban J connectivity index is 1.98. The van der Waals surface area contributed by atoms with Crippen LogP contribution in [0.5, 0.6) is 0 Å². The highest BCUT2D eigenvalue weighted by Crippen LogP contribution is 2.27. The summed E-state index contributed by atoms with van der Waals surface area (Å²) in [5.74, 6) is 0. The van der Waals surface area contributed by atoms with Crippen LogP contribution in [0.15, 0.2) is 53.6 Å². The third-order valence-corrected chi connectivity index (χ3v) is 5.09. The molecule has 0 spiro atoms. The average Bonchev–Trinajstić information content (AvgIpc) is 2.85. The highest BCUT2D eigenvalue weighted by atomic mass is 35.5. The zero-order chi connectivity index (χ0) is 15.0. The average molecular weight is 341 g/mol. The molecule has 0 aliphatic rings. The molecule has 4 nitrogen and oxygen atoms in total. The number of H-pyrrole nitrogens is 1. The number of rotatable bonds is 3. The van der Waals surface area contributed by atoms with E-state index in [0.29, 0.717) is 10.7 Å². The summed E-state index contributed by atoms with van der Waals surface area (Å²) in [5, 5.41) is 1.46. The lowest BCUT2D eigenvalue weighted by Crippen LogP contribution is -2.13. The Morgan fingerprint density at radius 3 is 2.57 bits per heavy atom. The van der Waals surface area contributed by atoms with Gasteiger partial charge in [0.2, 0.25) is 0 Å². The standard InChI is InChI=1S/C14H10Cl2N2O2S/c15-10-2-4-14(12(16)7-10)21(19,20)18-11-3-1-9-5-6-17-13(9)8-11/h1-8,17-18H. The van der Waals surface area contributed by atoms with Crippen LogP contribution in [0.4, 0.5) is 5.69 Å². The van der Waals surface area contributed by atoms with Gasteiger partial charge in [-0.1, -0.05) is 29.3 Å². The Labute approximate surface area is 131 Å². The molecule has 7 heteroatoms. The fraction of sp³-hybridized carbons (Fsp3) is 0. The fourth-order valence-electron chi connectivity index (χ4n) is 2.01. The van der Waals surface area contributed by atoms with Crippen LogP contribution in [-0.4, -0.2) is 13.4 Å². The number of aromatic nitrogens is 1. The van der Waals surface area contributed by atoms with Gasteiger partial charge in [-0.25, -0.2) is 8.42 Å². The van der Waals surface area contributed by atoms with Crippen LogP contribution in [0, 0.1) is 0 Å². The first-order valence-corrected chi connectivity index (χ1v) is 8.25. The van der Waals surface area contributed by atoms with Crippen molar-refractivity contribution in [3.05, 3.63) is 58.7 Å². The van der Waals surface area contributed by atoms with Gasteiger partial charge in [0, 0.05) is 16.7 Å². The summed E-state index contributed by atoms with van der Waals surface area (Å²) in [6, 6.07) is 11.4. The van der Waals surface area contributed by atoms with Crippen molar-refractivity contribution < 1.29 is 8.42 Å². The molecule has 0 aliphatic carbocycles. The van der Waals surface area contributed by atoms with Crippen LogP contribution >= 0.6 is 23.2 Å². The SMILES string of the molecule is O=S(=O)(Nc1ccc2cc[nH]c2c1)c1ccc(Cl)cc1Cl. The lowest BCUT2D eigenvalue weighted by atomic mass is 10.2. The predicted octanol–water partition coefficient (Wildman–Crippen LogP) is 4.28. The van der Waals surface area contributed by atoms with Crippen LogP contribution in [0.25, 0.3) is 10.9 Å². The Morgan fingerprint density at radius 1 is 1.00 bits per heavy atom. The number of fused-ring (bicyclic) bond motifs is 1. The second kappa shape index (κ2) is 5.26. The largest absolute Gasteiger partial charge is 0.361 e. The van der Waals surface area contributed by atoms with Gasteiger partial charge in [-0.3, -0.25) is 4.72 Å². The molecule has 108 valence electrons. The Hall–Kier alpha value is -1.69. The van der Waals surface area contributed by atoms with Gasteiger partial charge < -0.3 is 4.98 Å². The van der Waals surface area contributed by atoms with Crippen molar-refractivity contribution in [2.24, 2.45) is 0 Å². The number of hydrogen-bond donors (Lipinski definition) is 2. The lowest BCUT2D eigenvalue weighted by Gasteiger charge is -2.10. The van der Waals surface area contributed by atoms with E-state index in [1.165, 1.54) is 18.2 Å². The van der Waals surface area contributed by atoms with Gasteiger partial charge in [0.05, 0.1) is 10.7 Å². The molecule has 2 aromatic carbocycles. The van der Waals surface area contributed by atoms with E-state index >= 15 is 0 Å². The molecule has 3 rings (SSSR count). The minimum atomic E-state index is -3.77. The quantitative estimate of drug-likeness (QED) is 0.747. The molecule has 3 aromatic rings. The van der Waals surface area contributed by atoms with Gasteiger partial charge in [-0.15, -0.1) is 0 Å². The smallest absolute Gasteiger partial charge is 0.263 e. The van der Waals surface area contributed by atoms with Crippen molar-refractivity contribution in [1.82, 2.24) is 4.98 Å². The lowest BCUT2D eigenvalue weighted by molar-refractivity contribution is 0.601. The van der Waals surface area contributed by atoms with E-state index < -0.39 is 10.0 Å². The summed E-state index contributed by atoms with van der Waals surface area (Å²) in [6.45, 7) is 0. The molecule has 0 saturated heterocycles. The van der Waals surface area contributed by atoms with Crippen LogP contribution in [0.2, 0.25) is 10.0 Å². The molecule has 0 atom stereocenters. The number of sulfonamides is 1. The number of anilines is 1. The Morgan fingerprint density at radius 2 is 1.81 bits per heavy atom. The van der Waals surface area contributed by atoms with E-state index in [2.05, 4.69) is 9.71 Å².